The lowest BCUT2D eigenvalue weighted by molar-refractivity contribution is -0.154. The lowest BCUT2D eigenvalue weighted by Gasteiger charge is -2.24. The summed E-state index contributed by atoms with van der Waals surface area (Å²) in [5.74, 6) is 1.24. The van der Waals surface area contributed by atoms with Gasteiger partial charge in [-0.05, 0) is 98.0 Å². The molecule has 0 atom stereocenters. The van der Waals surface area contributed by atoms with E-state index < -0.39 is 5.60 Å². The summed E-state index contributed by atoms with van der Waals surface area (Å²) < 4.78 is 17.2. The van der Waals surface area contributed by atoms with Crippen molar-refractivity contribution in [2.45, 2.75) is 53.2 Å². The smallest absolute Gasteiger partial charge is 0.303 e. The van der Waals surface area contributed by atoms with Gasteiger partial charge in [0, 0.05) is 18.9 Å². The first-order valence-corrected chi connectivity index (χ1v) is 11.4. The molecule has 3 aromatic carbocycles. The zero-order valence-corrected chi connectivity index (χ0v) is 20.5. The Morgan fingerprint density at radius 1 is 0.912 bits per heavy atom. The van der Waals surface area contributed by atoms with Crippen molar-refractivity contribution in [1.29, 1.82) is 0 Å². The van der Waals surface area contributed by atoms with Crippen LogP contribution in [0.3, 0.4) is 0 Å². The van der Waals surface area contributed by atoms with Gasteiger partial charge in [0.1, 0.15) is 30.0 Å². The van der Waals surface area contributed by atoms with Gasteiger partial charge in [0.05, 0.1) is 6.61 Å². The van der Waals surface area contributed by atoms with E-state index in [0.717, 1.165) is 40.0 Å². The molecule has 5 heteroatoms. The summed E-state index contributed by atoms with van der Waals surface area (Å²) in [6.45, 7) is 10.2. The molecule has 0 heterocycles. The Hall–Kier alpha value is -3.60. The number of esters is 1. The van der Waals surface area contributed by atoms with Gasteiger partial charge in [0.25, 0.3) is 0 Å². The van der Waals surface area contributed by atoms with E-state index in [4.69, 9.17) is 14.2 Å². The van der Waals surface area contributed by atoms with Crippen molar-refractivity contribution in [2.75, 3.05) is 6.61 Å². The number of aryl methyl sites for hydroxylation is 2. The van der Waals surface area contributed by atoms with Crippen LogP contribution in [0.25, 0.3) is 11.1 Å². The number of benzene rings is 3. The summed E-state index contributed by atoms with van der Waals surface area (Å²) >= 11 is 0. The van der Waals surface area contributed by atoms with Gasteiger partial charge in [-0.3, -0.25) is 9.59 Å². The lowest BCUT2D eigenvalue weighted by atomic mass is 9.94. The summed E-state index contributed by atoms with van der Waals surface area (Å²) in [5, 5.41) is 0. The van der Waals surface area contributed by atoms with Crippen molar-refractivity contribution in [3.8, 4) is 22.6 Å². The van der Waals surface area contributed by atoms with Crippen molar-refractivity contribution in [1.82, 2.24) is 0 Å². The fraction of sp³-hybridized carbons (Fsp3) is 0.310. The normalized spacial score (nSPS) is 11.1. The van der Waals surface area contributed by atoms with Gasteiger partial charge in [0.15, 0.2) is 0 Å². The summed E-state index contributed by atoms with van der Waals surface area (Å²) in [6, 6.07) is 19.5. The topological polar surface area (TPSA) is 61.8 Å². The highest BCUT2D eigenvalue weighted by Gasteiger charge is 2.21. The average molecular weight is 461 g/mol. The Kier molecular flexibility index (Phi) is 8.11. The van der Waals surface area contributed by atoms with Crippen molar-refractivity contribution in [3.05, 3.63) is 82.9 Å². The van der Waals surface area contributed by atoms with E-state index in [-0.39, 0.29) is 5.97 Å². The molecule has 0 bridgehead atoms. The van der Waals surface area contributed by atoms with Gasteiger partial charge >= 0.3 is 5.97 Å². The molecule has 3 rings (SSSR count). The van der Waals surface area contributed by atoms with E-state index in [1.807, 2.05) is 38.1 Å². The summed E-state index contributed by atoms with van der Waals surface area (Å²) in [6.07, 6.45) is 1.42. The predicted molar refractivity (Wildman–Crippen MR) is 133 cm³/mol. The molecule has 0 amide bonds. The van der Waals surface area contributed by atoms with Crippen LogP contribution in [0, 0.1) is 13.8 Å². The molecule has 0 radical (unpaired) electrons. The third-order valence-electron chi connectivity index (χ3n) is 5.54. The molecule has 5 nitrogen and oxygen atoms in total. The van der Waals surface area contributed by atoms with Crippen LogP contribution in [-0.2, 0) is 16.1 Å². The Balaban J connectivity index is 1.68. The lowest BCUT2D eigenvalue weighted by Crippen LogP contribution is -2.29. The van der Waals surface area contributed by atoms with Crippen molar-refractivity contribution in [3.63, 3.8) is 0 Å². The first-order chi connectivity index (χ1) is 16.2. The molecule has 0 aromatic heterocycles. The van der Waals surface area contributed by atoms with E-state index >= 15 is 0 Å². The number of hydrogen-bond donors (Lipinski definition) is 0. The van der Waals surface area contributed by atoms with Crippen LogP contribution in [-0.4, -0.2) is 24.5 Å². The molecule has 0 saturated heterocycles. The van der Waals surface area contributed by atoms with Crippen LogP contribution in [0.2, 0.25) is 0 Å². The predicted octanol–water partition coefficient (Wildman–Crippen LogP) is 6.47. The van der Waals surface area contributed by atoms with E-state index in [2.05, 4.69) is 26.0 Å². The second-order valence-corrected chi connectivity index (χ2v) is 9.06. The Bertz CT molecular complexity index is 1120. The standard InChI is InChI=1S/C29H32O5/c1-20-15-27(32-14-13-29(4,5)34-22(3)31)16-21(2)28(20)25-8-6-7-24(17-25)19-33-26-11-9-23(18-30)10-12-26/h6-12,15-18H,13-14,19H2,1-5H3. The van der Waals surface area contributed by atoms with Gasteiger partial charge < -0.3 is 14.2 Å². The van der Waals surface area contributed by atoms with E-state index in [1.54, 1.807) is 24.3 Å². The minimum atomic E-state index is -0.561. The minimum absolute atomic E-state index is 0.288. The van der Waals surface area contributed by atoms with Crippen LogP contribution in [0.4, 0.5) is 0 Å². The maximum atomic E-state index is 11.2. The number of rotatable bonds is 10. The molecule has 0 aliphatic rings. The Labute approximate surface area is 201 Å². The van der Waals surface area contributed by atoms with Crippen LogP contribution >= 0.6 is 0 Å². The van der Waals surface area contributed by atoms with Crippen molar-refractivity contribution in [2.24, 2.45) is 0 Å². The van der Waals surface area contributed by atoms with Crippen LogP contribution in [0.15, 0.2) is 60.7 Å². The molecular weight excluding hydrogens is 428 g/mol. The molecule has 0 aliphatic carbocycles. The Morgan fingerprint density at radius 3 is 2.21 bits per heavy atom. The third kappa shape index (κ3) is 6.95. The molecule has 0 unspecified atom stereocenters. The second kappa shape index (κ2) is 11.0. The van der Waals surface area contributed by atoms with E-state index in [9.17, 15) is 9.59 Å². The number of hydrogen-bond acceptors (Lipinski definition) is 5. The molecule has 0 aliphatic heterocycles. The van der Waals surface area contributed by atoms with Gasteiger partial charge in [0.2, 0.25) is 0 Å². The number of aldehydes is 1. The molecule has 0 N–H and O–H groups in total. The van der Waals surface area contributed by atoms with Crippen LogP contribution in [0.1, 0.15) is 54.2 Å². The maximum Gasteiger partial charge on any atom is 0.303 e. The quantitative estimate of drug-likeness (QED) is 0.256. The number of ether oxygens (including phenoxy) is 3. The highest BCUT2D eigenvalue weighted by atomic mass is 16.6. The zero-order valence-electron chi connectivity index (χ0n) is 20.5. The minimum Gasteiger partial charge on any atom is -0.493 e. The largest absolute Gasteiger partial charge is 0.493 e. The van der Waals surface area contributed by atoms with Crippen LogP contribution < -0.4 is 9.47 Å². The molecular formula is C29H32O5. The van der Waals surface area contributed by atoms with Gasteiger partial charge in [-0.2, -0.15) is 0 Å². The molecule has 34 heavy (non-hydrogen) atoms. The SMILES string of the molecule is CC(=O)OC(C)(C)CCOc1cc(C)c(-c2cccc(COc3ccc(C=O)cc3)c2)c(C)c1. The summed E-state index contributed by atoms with van der Waals surface area (Å²) in [4.78, 5) is 22.0. The molecule has 3 aromatic rings. The molecule has 0 saturated carbocycles. The number of carbonyl (C=O) groups excluding carboxylic acids is 2. The summed E-state index contributed by atoms with van der Waals surface area (Å²) in [7, 11) is 0. The fourth-order valence-corrected chi connectivity index (χ4v) is 3.94. The highest BCUT2D eigenvalue weighted by molar-refractivity contribution is 5.75. The first-order valence-electron chi connectivity index (χ1n) is 11.4. The van der Waals surface area contributed by atoms with E-state index in [1.165, 1.54) is 12.5 Å². The first kappa shape index (κ1) is 25.0. The molecule has 0 fully saturated rings. The van der Waals surface area contributed by atoms with Crippen LogP contribution in [0.5, 0.6) is 11.5 Å². The fourth-order valence-electron chi connectivity index (χ4n) is 3.94. The highest BCUT2D eigenvalue weighted by Crippen LogP contribution is 2.32. The number of carbonyl (C=O) groups is 2. The second-order valence-electron chi connectivity index (χ2n) is 9.06. The van der Waals surface area contributed by atoms with Crippen molar-refractivity contribution >= 4 is 12.3 Å². The van der Waals surface area contributed by atoms with E-state index in [0.29, 0.717) is 25.2 Å². The molecule has 0 spiro atoms. The molecule has 178 valence electrons. The Morgan fingerprint density at radius 2 is 1.59 bits per heavy atom. The van der Waals surface area contributed by atoms with Gasteiger partial charge in [-0.25, -0.2) is 0 Å². The zero-order chi connectivity index (χ0) is 24.7. The maximum absolute atomic E-state index is 11.2. The van der Waals surface area contributed by atoms with Gasteiger partial charge in [-0.15, -0.1) is 0 Å². The third-order valence-corrected chi connectivity index (χ3v) is 5.54. The monoisotopic (exact) mass is 460 g/mol. The van der Waals surface area contributed by atoms with Crippen molar-refractivity contribution < 1.29 is 23.8 Å². The summed E-state index contributed by atoms with van der Waals surface area (Å²) in [5.41, 5.74) is 5.66. The average Bonchev–Trinajstić information content (AvgIpc) is 2.77. The van der Waals surface area contributed by atoms with Gasteiger partial charge in [-0.1, -0.05) is 18.2 Å².